The monoisotopic (exact) mass is 238 g/mol. The predicted octanol–water partition coefficient (Wildman–Crippen LogP) is 1.90. The average molecular weight is 239 g/mol. The molecular weight excluding hydrogens is 224 g/mol. The summed E-state index contributed by atoms with van der Waals surface area (Å²) in [6.45, 7) is 1.32. The van der Waals surface area contributed by atoms with Gasteiger partial charge in [-0.05, 0) is 38.0 Å². The Kier molecular flexibility index (Phi) is 2.79. The Morgan fingerprint density at radius 3 is 2.43 bits per heavy atom. The van der Waals surface area contributed by atoms with Crippen LogP contribution < -0.4 is 0 Å². The van der Waals surface area contributed by atoms with Gasteiger partial charge < -0.3 is 4.74 Å². The van der Waals surface area contributed by atoms with Crippen LogP contribution in [0.2, 0.25) is 0 Å². The molecule has 0 radical (unpaired) electrons. The molecule has 5 heteroatoms. The summed E-state index contributed by atoms with van der Waals surface area (Å²) < 4.78 is 27.1. The minimum absolute atomic E-state index is 0.530. The molecule has 0 atom stereocenters. The van der Waals surface area contributed by atoms with Crippen LogP contribution in [0.3, 0.4) is 0 Å². The number of rotatable bonds is 6. The van der Waals surface area contributed by atoms with Crippen LogP contribution >= 0.6 is 10.7 Å². The molecule has 0 amide bonds. The highest BCUT2D eigenvalue weighted by atomic mass is 35.7. The summed E-state index contributed by atoms with van der Waals surface area (Å²) in [5.41, 5.74) is 0. The van der Waals surface area contributed by atoms with Gasteiger partial charge >= 0.3 is 0 Å². The van der Waals surface area contributed by atoms with E-state index in [-0.39, 0.29) is 0 Å². The van der Waals surface area contributed by atoms with E-state index in [0.717, 1.165) is 12.5 Å². The third-order valence-corrected chi connectivity index (χ3v) is 5.71. The number of hydrogen-bond donors (Lipinski definition) is 0. The van der Waals surface area contributed by atoms with Crippen molar-refractivity contribution in [2.75, 3.05) is 13.2 Å². The van der Waals surface area contributed by atoms with Crippen LogP contribution in [0.25, 0.3) is 0 Å². The molecule has 0 aromatic rings. The van der Waals surface area contributed by atoms with Crippen molar-refractivity contribution in [3.63, 3.8) is 0 Å². The van der Waals surface area contributed by atoms with Gasteiger partial charge in [-0.25, -0.2) is 8.42 Å². The Labute approximate surface area is 89.2 Å². The quantitative estimate of drug-likeness (QED) is 0.525. The summed E-state index contributed by atoms with van der Waals surface area (Å²) >= 11 is 0. The lowest BCUT2D eigenvalue weighted by molar-refractivity contribution is 0.120. The largest absolute Gasteiger partial charge is 0.381 e. The minimum atomic E-state index is -3.38. The molecule has 2 rings (SSSR count). The van der Waals surface area contributed by atoms with Crippen LogP contribution in [0.1, 0.15) is 32.1 Å². The van der Waals surface area contributed by atoms with Crippen molar-refractivity contribution in [1.82, 2.24) is 0 Å². The highest BCUT2D eigenvalue weighted by Gasteiger charge is 2.53. The van der Waals surface area contributed by atoms with Gasteiger partial charge in [0.05, 0.1) is 4.75 Å². The zero-order chi connectivity index (χ0) is 10.2. The molecule has 2 aliphatic rings. The van der Waals surface area contributed by atoms with E-state index in [0.29, 0.717) is 25.9 Å². The van der Waals surface area contributed by atoms with Crippen molar-refractivity contribution >= 4 is 19.7 Å². The van der Waals surface area contributed by atoms with Crippen molar-refractivity contribution < 1.29 is 13.2 Å². The van der Waals surface area contributed by atoms with Gasteiger partial charge in [-0.15, -0.1) is 0 Å². The van der Waals surface area contributed by atoms with Gasteiger partial charge in [-0.2, -0.15) is 0 Å². The fourth-order valence-corrected chi connectivity index (χ4v) is 3.16. The first-order valence-electron chi connectivity index (χ1n) is 5.05. The summed E-state index contributed by atoms with van der Waals surface area (Å²) in [5.74, 6) is 0.734. The lowest BCUT2D eigenvalue weighted by Gasteiger charge is -2.10. The molecule has 0 bridgehead atoms. The van der Waals surface area contributed by atoms with Crippen LogP contribution in [0.5, 0.6) is 0 Å². The molecule has 2 fully saturated rings. The predicted molar refractivity (Wildman–Crippen MR) is 54.9 cm³/mol. The third-order valence-electron chi connectivity index (χ3n) is 3.08. The lowest BCUT2D eigenvalue weighted by Crippen LogP contribution is -2.20. The van der Waals surface area contributed by atoms with Crippen molar-refractivity contribution in [1.29, 1.82) is 0 Å². The molecule has 0 aliphatic heterocycles. The van der Waals surface area contributed by atoms with E-state index in [9.17, 15) is 8.42 Å². The van der Waals surface area contributed by atoms with E-state index in [1.807, 2.05) is 0 Å². The first-order chi connectivity index (χ1) is 6.54. The van der Waals surface area contributed by atoms with Crippen LogP contribution in [-0.4, -0.2) is 26.4 Å². The van der Waals surface area contributed by atoms with E-state index in [1.54, 1.807) is 0 Å². The SMILES string of the molecule is O=S(=O)(Cl)C1(CCOCC2CC2)CC1. The second-order valence-electron chi connectivity index (χ2n) is 4.39. The highest BCUT2D eigenvalue weighted by Crippen LogP contribution is 2.48. The van der Waals surface area contributed by atoms with Crippen LogP contribution in [-0.2, 0) is 13.8 Å². The fourth-order valence-electron chi connectivity index (χ4n) is 1.55. The maximum Gasteiger partial charge on any atom is 0.238 e. The Balaban J connectivity index is 1.69. The average Bonchev–Trinajstić information content (AvgIpc) is 2.93. The van der Waals surface area contributed by atoms with Gasteiger partial charge in [0.25, 0.3) is 0 Å². The van der Waals surface area contributed by atoms with E-state index >= 15 is 0 Å². The first-order valence-corrected chi connectivity index (χ1v) is 7.36. The summed E-state index contributed by atoms with van der Waals surface area (Å²) in [5, 5.41) is 0. The van der Waals surface area contributed by atoms with Crippen LogP contribution in [0, 0.1) is 5.92 Å². The van der Waals surface area contributed by atoms with E-state index in [1.165, 1.54) is 12.8 Å². The van der Waals surface area contributed by atoms with Crippen molar-refractivity contribution in [2.24, 2.45) is 5.92 Å². The van der Waals surface area contributed by atoms with E-state index in [4.69, 9.17) is 15.4 Å². The van der Waals surface area contributed by atoms with Gasteiger partial charge in [0.1, 0.15) is 0 Å². The zero-order valence-corrected chi connectivity index (χ0v) is 9.61. The number of hydrogen-bond acceptors (Lipinski definition) is 3. The molecule has 0 aromatic carbocycles. The van der Waals surface area contributed by atoms with Crippen molar-refractivity contribution in [3.8, 4) is 0 Å². The fraction of sp³-hybridized carbons (Fsp3) is 1.00. The lowest BCUT2D eigenvalue weighted by atomic mass is 10.3. The molecule has 3 nitrogen and oxygen atoms in total. The van der Waals surface area contributed by atoms with Gasteiger partial charge in [0.2, 0.25) is 9.05 Å². The standard InChI is InChI=1S/C9H15ClO3S/c10-14(11,12)9(3-4-9)5-6-13-7-8-1-2-8/h8H,1-7H2. The number of ether oxygens (including phenoxy) is 1. The van der Waals surface area contributed by atoms with Crippen LogP contribution in [0.15, 0.2) is 0 Å². The Bertz CT molecular complexity index is 304. The first kappa shape index (κ1) is 10.7. The van der Waals surface area contributed by atoms with E-state index in [2.05, 4.69) is 0 Å². The van der Waals surface area contributed by atoms with Crippen LogP contribution in [0.4, 0.5) is 0 Å². The molecule has 2 saturated carbocycles. The van der Waals surface area contributed by atoms with Crippen molar-refractivity contribution in [2.45, 2.75) is 36.9 Å². The molecule has 0 spiro atoms. The summed E-state index contributed by atoms with van der Waals surface area (Å²) in [6.07, 6.45) is 4.49. The topological polar surface area (TPSA) is 43.4 Å². The maximum atomic E-state index is 11.2. The van der Waals surface area contributed by atoms with Crippen molar-refractivity contribution in [3.05, 3.63) is 0 Å². The molecule has 14 heavy (non-hydrogen) atoms. The second kappa shape index (κ2) is 3.65. The molecule has 82 valence electrons. The summed E-state index contributed by atoms with van der Waals surface area (Å²) in [4.78, 5) is 0. The van der Waals surface area contributed by atoms with Gasteiger partial charge in [0.15, 0.2) is 0 Å². The molecule has 2 aliphatic carbocycles. The molecule has 0 unspecified atom stereocenters. The second-order valence-corrected chi connectivity index (χ2v) is 7.35. The maximum absolute atomic E-state index is 11.2. The minimum Gasteiger partial charge on any atom is -0.381 e. The molecule has 0 saturated heterocycles. The van der Waals surface area contributed by atoms with Gasteiger partial charge in [-0.3, -0.25) is 0 Å². The Morgan fingerprint density at radius 2 is 2.00 bits per heavy atom. The summed E-state index contributed by atoms with van der Waals surface area (Å²) in [7, 11) is 1.97. The van der Waals surface area contributed by atoms with Gasteiger partial charge in [-0.1, -0.05) is 0 Å². The molecular formula is C9H15ClO3S. The smallest absolute Gasteiger partial charge is 0.238 e. The highest BCUT2D eigenvalue weighted by molar-refractivity contribution is 8.15. The Hall–Kier alpha value is 0.200. The van der Waals surface area contributed by atoms with Gasteiger partial charge in [0, 0.05) is 23.9 Å². The zero-order valence-electron chi connectivity index (χ0n) is 8.04. The molecule has 0 N–H and O–H groups in total. The summed E-state index contributed by atoms with van der Waals surface area (Å²) in [6, 6.07) is 0. The number of halogens is 1. The molecule has 0 aromatic heterocycles. The van der Waals surface area contributed by atoms with E-state index < -0.39 is 13.8 Å². The molecule has 0 heterocycles. The normalized spacial score (nSPS) is 24.9. The Morgan fingerprint density at radius 1 is 1.36 bits per heavy atom. The third kappa shape index (κ3) is 2.41.